The van der Waals surface area contributed by atoms with Gasteiger partial charge in [0.2, 0.25) is 0 Å². The molecule has 0 aliphatic carbocycles. The van der Waals surface area contributed by atoms with E-state index in [0.717, 1.165) is 28.9 Å². The third kappa shape index (κ3) is 4.78. The molecule has 0 saturated heterocycles. The van der Waals surface area contributed by atoms with Crippen LogP contribution in [0.25, 0.3) is 11.1 Å². The number of carbonyl (C=O) groups is 1. The van der Waals surface area contributed by atoms with Gasteiger partial charge in [-0.2, -0.15) is 0 Å². The number of aliphatic hydroxyl groups is 1. The minimum absolute atomic E-state index is 0. The molecule has 0 amide bonds. The largest absolute Gasteiger partial charge is 0.467 e. The lowest BCUT2D eigenvalue weighted by atomic mass is 9.77. The zero-order valence-corrected chi connectivity index (χ0v) is 19.4. The number of hydrogen-bond donors (Lipinski definition) is 2. The van der Waals surface area contributed by atoms with E-state index >= 15 is 0 Å². The molecule has 2 N–H and O–H groups in total. The Morgan fingerprint density at radius 3 is 2.37 bits per heavy atom. The Balaban J connectivity index is 0.00000225. The number of ether oxygens (including phenoxy) is 1. The van der Waals surface area contributed by atoms with E-state index in [1.807, 2.05) is 13.8 Å². The lowest BCUT2D eigenvalue weighted by Gasteiger charge is -2.36. The van der Waals surface area contributed by atoms with Crippen LogP contribution in [0.4, 0.5) is 4.39 Å². The number of nitrogens with one attached hydrogen (secondary N) is 1. The fraction of sp³-hybridized carbons (Fsp3) is 0.455. The van der Waals surface area contributed by atoms with E-state index in [0.29, 0.717) is 17.8 Å². The number of fused-ring (bicyclic) bond motifs is 1. The molecule has 1 aromatic heterocycles. The molecule has 0 radical (unpaired) electrons. The van der Waals surface area contributed by atoms with Crippen LogP contribution in [0.5, 0.6) is 0 Å². The maximum absolute atomic E-state index is 13.6. The summed E-state index contributed by atoms with van der Waals surface area (Å²) in [7, 11) is 1.24. The lowest BCUT2D eigenvalue weighted by Crippen LogP contribution is -2.40. The van der Waals surface area contributed by atoms with Crippen LogP contribution >= 0.6 is 24.8 Å². The van der Waals surface area contributed by atoms with Crippen LogP contribution in [0, 0.1) is 5.82 Å². The highest BCUT2D eigenvalue weighted by molar-refractivity contribution is 5.86. The van der Waals surface area contributed by atoms with Crippen molar-refractivity contribution in [1.29, 1.82) is 0 Å². The molecular formula is C22H29Cl2FN2O3. The zero-order chi connectivity index (χ0) is 20.6. The van der Waals surface area contributed by atoms with Gasteiger partial charge < -0.3 is 15.2 Å². The number of methoxy groups -OCH3 is 1. The highest BCUT2D eigenvalue weighted by Gasteiger charge is 2.36. The number of rotatable bonds is 4. The van der Waals surface area contributed by atoms with E-state index in [4.69, 9.17) is 9.72 Å². The minimum Gasteiger partial charge on any atom is -0.467 e. The first-order chi connectivity index (χ1) is 13.2. The Bertz CT molecular complexity index is 902. The van der Waals surface area contributed by atoms with Gasteiger partial charge in [0.1, 0.15) is 5.82 Å². The van der Waals surface area contributed by atoms with Crippen LogP contribution in [-0.4, -0.2) is 29.7 Å². The molecule has 1 unspecified atom stereocenters. The molecule has 2 heterocycles. The first-order valence-electron chi connectivity index (χ1n) is 9.47. The molecule has 1 atom stereocenters. The van der Waals surface area contributed by atoms with Crippen LogP contribution in [0.15, 0.2) is 24.3 Å². The van der Waals surface area contributed by atoms with Crippen molar-refractivity contribution in [3.8, 4) is 11.1 Å². The molecule has 5 nitrogen and oxygen atoms in total. The first kappa shape index (κ1) is 26.3. The van der Waals surface area contributed by atoms with Gasteiger partial charge in [-0.25, -0.2) is 9.18 Å². The van der Waals surface area contributed by atoms with Gasteiger partial charge in [0.25, 0.3) is 0 Å². The molecule has 0 bridgehead atoms. The van der Waals surface area contributed by atoms with Gasteiger partial charge in [0, 0.05) is 24.1 Å². The van der Waals surface area contributed by atoms with Crippen molar-refractivity contribution in [2.75, 3.05) is 13.7 Å². The van der Waals surface area contributed by atoms with Gasteiger partial charge in [0.05, 0.1) is 18.5 Å². The van der Waals surface area contributed by atoms with Crippen molar-refractivity contribution >= 4 is 30.8 Å². The van der Waals surface area contributed by atoms with E-state index in [-0.39, 0.29) is 42.0 Å². The number of esters is 1. The summed E-state index contributed by atoms with van der Waals surface area (Å²) in [6.45, 7) is 9.50. The third-order valence-corrected chi connectivity index (χ3v) is 5.25. The Labute approximate surface area is 189 Å². The Morgan fingerprint density at radius 2 is 1.83 bits per heavy atom. The molecule has 1 aliphatic rings. The average molecular weight is 459 g/mol. The van der Waals surface area contributed by atoms with Crippen molar-refractivity contribution in [3.63, 3.8) is 0 Å². The number of aliphatic hydroxyl groups excluding tert-OH is 1. The average Bonchev–Trinajstić information content (AvgIpc) is 2.66. The van der Waals surface area contributed by atoms with Gasteiger partial charge in [-0.1, -0.05) is 39.8 Å². The number of carbonyl (C=O) groups excluding carboxylic acids is 1. The molecule has 2 aromatic rings. The van der Waals surface area contributed by atoms with Crippen molar-refractivity contribution < 1.29 is 19.0 Å². The number of aromatic nitrogens is 1. The summed E-state index contributed by atoms with van der Waals surface area (Å²) < 4.78 is 18.4. The Morgan fingerprint density at radius 1 is 1.23 bits per heavy atom. The van der Waals surface area contributed by atoms with Crippen molar-refractivity contribution in [3.05, 3.63) is 52.6 Å². The Hall–Kier alpha value is -1.73. The molecule has 0 spiro atoms. The monoisotopic (exact) mass is 458 g/mol. The molecule has 0 fully saturated rings. The summed E-state index contributed by atoms with van der Waals surface area (Å²) in [5.41, 5.74) is 4.20. The summed E-state index contributed by atoms with van der Waals surface area (Å²) in [6, 6.07) is 6.11. The number of hydrogen-bond acceptors (Lipinski definition) is 5. The first-order valence-corrected chi connectivity index (χ1v) is 9.47. The summed E-state index contributed by atoms with van der Waals surface area (Å²) >= 11 is 0. The highest BCUT2D eigenvalue weighted by atomic mass is 35.5. The summed E-state index contributed by atoms with van der Waals surface area (Å²) in [6.07, 6.45) is -1.47. The van der Waals surface area contributed by atoms with Gasteiger partial charge in [-0.15, -0.1) is 24.8 Å². The maximum atomic E-state index is 13.6. The predicted octanol–water partition coefficient (Wildman–Crippen LogP) is 4.44. The Kier molecular flexibility index (Phi) is 8.81. The number of nitrogens with zero attached hydrogens (tertiary/aromatic N) is 1. The minimum atomic E-state index is -1.47. The van der Waals surface area contributed by atoms with Crippen LogP contribution in [0.3, 0.4) is 0 Å². The summed E-state index contributed by atoms with van der Waals surface area (Å²) in [4.78, 5) is 17.2. The highest BCUT2D eigenvalue weighted by Crippen LogP contribution is 2.42. The standard InChI is InChI=1S/C22H27FN2O3.2ClH/c1-12(2)18-17(19(26)21(27)28-5)16(13-6-8-14(23)9-7-13)15-10-24-11-22(3,4)20(15)25-18;;/h6-9,12,19,24,26H,10-11H2,1-5H3;2*1H. The fourth-order valence-electron chi connectivity index (χ4n) is 3.87. The van der Waals surface area contributed by atoms with Crippen LogP contribution in [0.2, 0.25) is 0 Å². The molecular weight excluding hydrogens is 430 g/mol. The van der Waals surface area contributed by atoms with E-state index < -0.39 is 12.1 Å². The smallest absolute Gasteiger partial charge is 0.339 e. The van der Waals surface area contributed by atoms with Crippen molar-refractivity contribution in [1.82, 2.24) is 10.3 Å². The van der Waals surface area contributed by atoms with Crippen molar-refractivity contribution in [2.24, 2.45) is 0 Å². The van der Waals surface area contributed by atoms with E-state index in [9.17, 15) is 14.3 Å². The normalized spacial score (nSPS) is 15.5. The topological polar surface area (TPSA) is 71.5 Å². The maximum Gasteiger partial charge on any atom is 0.339 e. The number of benzene rings is 1. The van der Waals surface area contributed by atoms with E-state index in [1.165, 1.54) is 19.2 Å². The van der Waals surface area contributed by atoms with Crippen LogP contribution < -0.4 is 5.32 Å². The van der Waals surface area contributed by atoms with Gasteiger partial charge in [-0.3, -0.25) is 4.98 Å². The van der Waals surface area contributed by atoms with Gasteiger partial charge >= 0.3 is 5.97 Å². The molecule has 3 rings (SSSR count). The summed E-state index contributed by atoms with van der Waals surface area (Å²) in [5, 5.41) is 14.2. The molecule has 30 heavy (non-hydrogen) atoms. The third-order valence-electron chi connectivity index (χ3n) is 5.25. The molecule has 0 saturated carbocycles. The van der Waals surface area contributed by atoms with Gasteiger partial charge in [-0.05, 0) is 34.7 Å². The SMILES string of the molecule is COC(=O)C(O)c1c(C(C)C)nc2c(c1-c1ccc(F)cc1)CNCC2(C)C.Cl.Cl. The number of halogens is 3. The van der Waals surface area contributed by atoms with Crippen molar-refractivity contribution in [2.45, 2.75) is 51.7 Å². The quantitative estimate of drug-likeness (QED) is 0.662. The zero-order valence-electron chi connectivity index (χ0n) is 17.8. The van der Waals surface area contributed by atoms with Gasteiger partial charge in [0.15, 0.2) is 6.10 Å². The molecule has 1 aromatic carbocycles. The molecule has 1 aliphatic heterocycles. The second-order valence-electron chi connectivity index (χ2n) is 8.19. The second-order valence-corrected chi connectivity index (χ2v) is 8.19. The summed E-state index contributed by atoms with van der Waals surface area (Å²) in [5.74, 6) is -1.11. The fourth-order valence-corrected chi connectivity index (χ4v) is 3.87. The van der Waals surface area contributed by atoms with E-state index in [1.54, 1.807) is 12.1 Å². The predicted molar refractivity (Wildman–Crippen MR) is 120 cm³/mol. The lowest BCUT2D eigenvalue weighted by molar-refractivity contribution is -0.150. The van der Waals surface area contributed by atoms with Crippen LogP contribution in [-0.2, 0) is 21.5 Å². The van der Waals surface area contributed by atoms with Crippen LogP contribution in [0.1, 0.15) is 62.2 Å². The number of pyridine rings is 1. The molecule has 8 heteroatoms. The van der Waals surface area contributed by atoms with E-state index in [2.05, 4.69) is 19.2 Å². The second kappa shape index (κ2) is 10.1. The molecule has 166 valence electrons.